The molecule has 0 bridgehead atoms. The van der Waals surface area contributed by atoms with Crippen LogP contribution in [-0.2, 0) is 10.0 Å². The largest absolute Gasteiger partial charge is 0.280 e. The molecule has 5 heteroatoms. The Morgan fingerprint density at radius 1 is 1.10 bits per heavy atom. The lowest BCUT2D eigenvalue weighted by molar-refractivity contribution is 0.601. The molecule has 0 aliphatic heterocycles. The summed E-state index contributed by atoms with van der Waals surface area (Å²) in [4.78, 5) is 0.0782. The fourth-order valence-electron chi connectivity index (χ4n) is 1.88. The molecular weight excluding hydrogens is 284 g/mol. The molecule has 2 aromatic rings. The van der Waals surface area contributed by atoms with Crippen LogP contribution in [0.25, 0.3) is 0 Å². The monoisotopic (exact) mass is 300 g/mol. The summed E-state index contributed by atoms with van der Waals surface area (Å²) in [5.74, 6) is 0.392. The van der Waals surface area contributed by atoms with Crippen molar-refractivity contribution in [1.82, 2.24) is 0 Å². The Hall–Kier alpha value is -2.32. The van der Waals surface area contributed by atoms with E-state index in [2.05, 4.69) is 18.6 Å². The molecule has 0 aliphatic rings. The van der Waals surface area contributed by atoms with Gasteiger partial charge in [-0.15, -0.1) is 0 Å². The van der Waals surface area contributed by atoms with Gasteiger partial charge in [0.05, 0.1) is 16.5 Å². The van der Waals surface area contributed by atoms with E-state index in [-0.39, 0.29) is 4.90 Å². The molecule has 0 aliphatic carbocycles. The molecule has 0 saturated carbocycles. The summed E-state index contributed by atoms with van der Waals surface area (Å²) in [6.45, 7) is 4.15. The average molecular weight is 300 g/mol. The third kappa shape index (κ3) is 3.61. The Kier molecular flexibility index (Phi) is 4.29. The van der Waals surface area contributed by atoms with Gasteiger partial charge in [0.1, 0.15) is 0 Å². The highest BCUT2D eigenvalue weighted by atomic mass is 32.2. The summed E-state index contributed by atoms with van der Waals surface area (Å²) in [5.41, 5.74) is 1.96. The molecule has 0 heterocycles. The molecule has 108 valence electrons. The summed E-state index contributed by atoms with van der Waals surface area (Å²) in [5, 5.41) is 8.83. The summed E-state index contributed by atoms with van der Waals surface area (Å²) >= 11 is 0. The lowest BCUT2D eigenvalue weighted by Gasteiger charge is -2.10. The number of nitrogens with one attached hydrogen (secondary N) is 1. The van der Waals surface area contributed by atoms with Crippen LogP contribution in [0.5, 0.6) is 0 Å². The van der Waals surface area contributed by atoms with Gasteiger partial charge in [-0.2, -0.15) is 5.26 Å². The maximum Gasteiger partial charge on any atom is 0.261 e. The second kappa shape index (κ2) is 5.98. The molecule has 0 atom stereocenters. The van der Waals surface area contributed by atoms with E-state index in [1.807, 2.05) is 18.2 Å². The maximum atomic E-state index is 12.3. The van der Waals surface area contributed by atoms with Gasteiger partial charge in [0.25, 0.3) is 10.0 Å². The van der Waals surface area contributed by atoms with E-state index >= 15 is 0 Å². The quantitative estimate of drug-likeness (QED) is 0.939. The van der Waals surface area contributed by atoms with Crippen LogP contribution >= 0.6 is 0 Å². The number of hydrogen-bond acceptors (Lipinski definition) is 3. The van der Waals surface area contributed by atoms with E-state index in [9.17, 15) is 8.42 Å². The van der Waals surface area contributed by atoms with Gasteiger partial charge in [-0.05, 0) is 41.8 Å². The van der Waals surface area contributed by atoms with Crippen LogP contribution in [0, 0.1) is 11.3 Å². The molecular formula is C16H16N2O2S. The summed E-state index contributed by atoms with van der Waals surface area (Å²) in [7, 11) is -3.68. The summed E-state index contributed by atoms with van der Waals surface area (Å²) < 4.78 is 27.1. The third-order valence-corrected chi connectivity index (χ3v) is 4.48. The Balaban J connectivity index is 2.26. The minimum absolute atomic E-state index is 0.0782. The first-order valence-electron chi connectivity index (χ1n) is 6.55. The fourth-order valence-corrected chi connectivity index (χ4v) is 2.99. The van der Waals surface area contributed by atoms with Gasteiger partial charge in [-0.1, -0.05) is 32.0 Å². The van der Waals surface area contributed by atoms with Gasteiger partial charge in [0.2, 0.25) is 0 Å². The molecule has 0 unspecified atom stereocenters. The van der Waals surface area contributed by atoms with Crippen molar-refractivity contribution in [2.24, 2.45) is 0 Å². The smallest absolute Gasteiger partial charge is 0.261 e. The first-order valence-corrected chi connectivity index (χ1v) is 8.03. The number of nitrogens with zero attached hydrogens (tertiary/aromatic N) is 1. The number of nitriles is 1. The van der Waals surface area contributed by atoms with Crippen molar-refractivity contribution in [2.45, 2.75) is 24.7 Å². The molecule has 2 rings (SSSR count). The number of benzene rings is 2. The molecule has 0 saturated heterocycles. The Labute approximate surface area is 125 Å². The zero-order valence-corrected chi connectivity index (χ0v) is 12.7. The zero-order chi connectivity index (χ0) is 15.5. The van der Waals surface area contributed by atoms with E-state index in [1.165, 1.54) is 12.1 Å². The molecule has 0 amide bonds. The molecule has 4 nitrogen and oxygen atoms in total. The highest BCUT2D eigenvalue weighted by Gasteiger charge is 2.14. The van der Waals surface area contributed by atoms with Gasteiger partial charge in [-0.25, -0.2) is 8.42 Å². The number of anilines is 1. The van der Waals surface area contributed by atoms with E-state index in [4.69, 9.17) is 5.26 Å². The van der Waals surface area contributed by atoms with Crippen LogP contribution in [0.4, 0.5) is 5.69 Å². The molecule has 0 spiro atoms. The Morgan fingerprint density at radius 3 is 2.33 bits per heavy atom. The van der Waals surface area contributed by atoms with Crippen molar-refractivity contribution in [3.63, 3.8) is 0 Å². The van der Waals surface area contributed by atoms with Crippen LogP contribution in [0.2, 0.25) is 0 Å². The first kappa shape index (κ1) is 15.1. The fraction of sp³-hybridized carbons (Fsp3) is 0.188. The van der Waals surface area contributed by atoms with Crippen LogP contribution in [0.1, 0.15) is 30.9 Å². The SMILES string of the molecule is CC(C)c1ccc(NS(=O)(=O)c2cccc(C#N)c2)cc1. The van der Waals surface area contributed by atoms with Crippen molar-refractivity contribution in [3.8, 4) is 6.07 Å². The van der Waals surface area contributed by atoms with Gasteiger partial charge in [0.15, 0.2) is 0 Å². The minimum Gasteiger partial charge on any atom is -0.280 e. The van der Waals surface area contributed by atoms with Crippen molar-refractivity contribution in [3.05, 3.63) is 59.7 Å². The van der Waals surface area contributed by atoms with Crippen molar-refractivity contribution >= 4 is 15.7 Å². The maximum absolute atomic E-state index is 12.3. The topological polar surface area (TPSA) is 70.0 Å². The first-order chi connectivity index (χ1) is 9.92. The Morgan fingerprint density at radius 2 is 1.76 bits per heavy atom. The van der Waals surface area contributed by atoms with E-state index in [1.54, 1.807) is 24.3 Å². The molecule has 0 radical (unpaired) electrons. The molecule has 0 fully saturated rings. The van der Waals surface area contributed by atoms with Crippen LogP contribution in [0.15, 0.2) is 53.4 Å². The van der Waals surface area contributed by atoms with Gasteiger partial charge < -0.3 is 0 Å². The molecule has 1 N–H and O–H groups in total. The van der Waals surface area contributed by atoms with Crippen LogP contribution in [-0.4, -0.2) is 8.42 Å². The van der Waals surface area contributed by atoms with Crippen LogP contribution in [0.3, 0.4) is 0 Å². The average Bonchev–Trinajstić information content (AvgIpc) is 2.47. The van der Waals surface area contributed by atoms with E-state index < -0.39 is 10.0 Å². The standard InChI is InChI=1S/C16H16N2O2S/c1-12(2)14-6-8-15(9-7-14)18-21(19,20)16-5-3-4-13(10-16)11-17/h3-10,12,18H,1-2H3. The van der Waals surface area contributed by atoms with E-state index in [0.717, 1.165) is 5.56 Å². The zero-order valence-electron chi connectivity index (χ0n) is 11.9. The lowest BCUT2D eigenvalue weighted by Crippen LogP contribution is -2.13. The van der Waals surface area contributed by atoms with Gasteiger partial charge >= 0.3 is 0 Å². The molecule has 21 heavy (non-hydrogen) atoms. The minimum atomic E-state index is -3.68. The lowest BCUT2D eigenvalue weighted by atomic mass is 10.0. The highest BCUT2D eigenvalue weighted by molar-refractivity contribution is 7.92. The van der Waals surface area contributed by atoms with Gasteiger partial charge in [-0.3, -0.25) is 4.72 Å². The predicted octanol–water partition coefficient (Wildman–Crippen LogP) is 3.48. The molecule has 2 aromatic carbocycles. The van der Waals surface area contributed by atoms with Gasteiger partial charge in [0, 0.05) is 5.69 Å². The van der Waals surface area contributed by atoms with Crippen molar-refractivity contribution in [1.29, 1.82) is 5.26 Å². The van der Waals surface area contributed by atoms with E-state index in [0.29, 0.717) is 17.2 Å². The predicted molar refractivity (Wildman–Crippen MR) is 82.5 cm³/mol. The normalized spacial score (nSPS) is 11.1. The van der Waals surface area contributed by atoms with Crippen molar-refractivity contribution < 1.29 is 8.42 Å². The second-order valence-corrected chi connectivity index (χ2v) is 6.70. The van der Waals surface area contributed by atoms with Crippen molar-refractivity contribution in [2.75, 3.05) is 4.72 Å². The number of hydrogen-bond donors (Lipinski definition) is 1. The van der Waals surface area contributed by atoms with Crippen LogP contribution < -0.4 is 4.72 Å². The highest BCUT2D eigenvalue weighted by Crippen LogP contribution is 2.20. The second-order valence-electron chi connectivity index (χ2n) is 5.02. The number of rotatable bonds is 4. The third-order valence-electron chi connectivity index (χ3n) is 3.10. The summed E-state index contributed by atoms with van der Waals surface area (Å²) in [6.07, 6.45) is 0. The molecule has 0 aromatic heterocycles. The Bertz CT molecular complexity index is 773. The number of sulfonamides is 1. The summed E-state index contributed by atoms with van der Waals surface area (Å²) in [6, 6.07) is 15.1.